The molecule has 0 bridgehead atoms. The first-order valence-corrected chi connectivity index (χ1v) is 7.72. The van der Waals surface area contributed by atoms with E-state index in [-0.39, 0.29) is 17.2 Å². The SMILES string of the molecule is CN(C)C(=O)CCc1ccc(NC(=O)c2ccccc2[N+](=O)[O-])cc1. The first kappa shape index (κ1) is 18.1. The van der Waals surface area contributed by atoms with Gasteiger partial charge in [0.1, 0.15) is 5.56 Å². The van der Waals surface area contributed by atoms with Crippen LogP contribution in [0.1, 0.15) is 22.3 Å². The van der Waals surface area contributed by atoms with Gasteiger partial charge in [-0.1, -0.05) is 24.3 Å². The highest BCUT2D eigenvalue weighted by Gasteiger charge is 2.19. The van der Waals surface area contributed by atoms with Crippen molar-refractivity contribution in [3.63, 3.8) is 0 Å². The molecule has 2 aromatic rings. The number of nitrogens with one attached hydrogen (secondary N) is 1. The highest BCUT2D eigenvalue weighted by Crippen LogP contribution is 2.20. The van der Waals surface area contributed by atoms with Gasteiger partial charge in [-0.05, 0) is 30.2 Å². The Morgan fingerprint density at radius 2 is 1.72 bits per heavy atom. The summed E-state index contributed by atoms with van der Waals surface area (Å²) >= 11 is 0. The molecule has 2 aromatic carbocycles. The number of nitrogens with zero attached hydrogens (tertiary/aromatic N) is 2. The van der Waals surface area contributed by atoms with E-state index in [9.17, 15) is 19.7 Å². The van der Waals surface area contributed by atoms with Crippen LogP contribution in [-0.4, -0.2) is 35.7 Å². The Labute approximate surface area is 145 Å². The molecule has 0 unspecified atom stereocenters. The fraction of sp³-hybridized carbons (Fsp3) is 0.222. The predicted molar refractivity (Wildman–Crippen MR) is 94.5 cm³/mol. The molecule has 7 nitrogen and oxygen atoms in total. The molecule has 25 heavy (non-hydrogen) atoms. The molecule has 0 saturated carbocycles. The standard InChI is InChI=1S/C18H19N3O4/c1-20(2)17(22)12-9-13-7-10-14(11-8-13)19-18(23)15-5-3-4-6-16(15)21(24)25/h3-8,10-11H,9,12H2,1-2H3,(H,19,23). The zero-order valence-corrected chi connectivity index (χ0v) is 14.1. The molecule has 0 aliphatic heterocycles. The highest BCUT2D eigenvalue weighted by atomic mass is 16.6. The van der Waals surface area contributed by atoms with E-state index in [4.69, 9.17) is 0 Å². The van der Waals surface area contributed by atoms with Crippen molar-refractivity contribution >= 4 is 23.2 Å². The Balaban J connectivity index is 2.03. The van der Waals surface area contributed by atoms with Crippen LogP contribution in [0.2, 0.25) is 0 Å². The molecule has 0 aromatic heterocycles. The van der Waals surface area contributed by atoms with Gasteiger partial charge in [0.2, 0.25) is 5.91 Å². The number of nitro groups is 1. The molecule has 2 rings (SSSR count). The molecule has 1 N–H and O–H groups in total. The molecule has 0 radical (unpaired) electrons. The summed E-state index contributed by atoms with van der Waals surface area (Å²) in [6, 6.07) is 12.8. The topological polar surface area (TPSA) is 92.6 Å². The lowest BCUT2D eigenvalue weighted by Gasteiger charge is -2.10. The number of benzene rings is 2. The van der Waals surface area contributed by atoms with E-state index in [1.165, 1.54) is 18.2 Å². The van der Waals surface area contributed by atoms with Gasteiger partial charge >= 0.3 is 0 Å². The van der Waals surface area contributed by atoms with E-state index in [1.807, 2.05) is 12.1 Å². The van der Waals surface area contributed by atoms with Crippen LogP contribution in [0.25, 0.3) is 0 Å². The van der Waals surface area contributed by atoms with Crippen LogP contribution < -0.4 is 5.32 Å². The smallest absolute Gasteiger partial charge is 0.282 e. The largest absolute Gasteiger partial charge is 0.349 e. The van der Waals surface area contributed by atoms with Crippen LogP contribution >= 0.6 is 0 Å². The van der Waals surface area contributed by atoms with Gasteiger partial charge in [0, 0.05) is 32.3 Å². The Morgan fingerprint density at radius 3 is 2.32 bits per heavy atom. The van der Waals surface area contributed by atoms with E-state index in [0.717, 1.165) is 5.56 Å². The second-order valence-corrected chi connectivity index (χ2v) is 5.71. The molecule has 130 valence electrons. The fourth-order valence-corrected chi connectivity index (χ4v) is 2.25. The summed E-state index contributed by atoms with van der Waals surface area (Å²) in [6.07, 6.45) is 1.02. The van der Waals surface area contributed by atoms with Gasteiger partial charge in [-0.3, -0.25) is 19.7 Å². The molecular weight excluding hydrogens is 322 g/mol. The molecule has 2 amide bonds. The molecule has 0 spiro atoms. The third-order valence-electron chi connectivity index (χ3n) is 3.68. The Hall–Kier alpha value is -3.22. The molecule has 0 saturated heterocycles. The average molecular weight is 341 g/mol. The monoisotopic (exact) mass is 341 g/mol. The Bertz CT molecular complexity index is 785. The quantitative estimate of drug-likeness (QED) is 0.646. The van der Waals surface area contributed by atoms with Gasteiger partial charge in [0.25, 0.3) is 11.6 Å². The lowest BCUT2D eigenvalue weighted by Crippen LogP contribution is -2.21. The minimum Gasteiger partial charge on any atom is -0.349 e. The number of hydrogen-bond acceptors (Lipinski definition) is 4. The minimum absolute atomic E-state index is 0.00755. The second-order valence-electron chi connectivity index (χ2n) is 5.71. The van der Waals surface area contributed by atoms with Gasteiger partial charge in [0.15, 0.2) is 0 Å². The maximum atomic E-state index is 12.2. The van der Waals surface area contributed by atoms with Crippen molar-refractivity contribution < 1.29 is 14.5 Å². The summed E-state index contributed by atoms with van der Waals surface area (Å²) in [7, 11) is 3.42. The van der Waals surface area contributed by atoms with Gasteiger partial charge in [0.05, 0.1) is 4.92 Å². The van der Waals surface area contributed by atoms with Crippen molar-refractivity contribution in [2.45, 2.75) is 12.8 Å². The number of aryl methyl sites for hydroxylation is 1. The second kappa shape index (κ2) is 8.05. The number of carbonyl (C=O) groups excluding carboxylic acids is 2. The van der Waals surface area contributed by atoms with Gasteiger partial charge in [-0.2, -0.15) is 0 Å². The van der Waals surface area contributed by atoms with Crippen molar-refractivity contribution in [2.24, 2.45) is 0 Å². The normalized spacial score (nSPS) is 10.2. The molecular formula is C18H19N3O4. The van der Waals surface area contributed by atoms with Gasteiger partial charge in [-0.25, -0.2) is 0 Å². The Morgan fingerprint density at radius 1 is 1.08 bits per heavy atom. The zero-order valence-electron chi connectivity index (χ0n) is 14.1. The summed E-state index contributed by atoms with van der Waals surface area (Å²) in [5, 5.41) is 13.6. The minimum atomic E-state index is -0.584. The molecule has 0 aliphatic carbocycles. The average Bonchev–Trinajstić information content (AvgIpc) is 2.60. The molecule has 0 fully saturated rings. The molecule has 7 heteroatoms. The van der Waals surface area contributed by atoms with Crippen molar-refractivity contribution in [3.8, 4) is 0 Å². The third kappa shape index (κ3) is 4.87. The summed E-state index contributed by atoms with van der Waals surface area (Å²) in [5.41, 5.74) is 1.27. The lowest BCUT2D eigenvalue weighted by atomic mass is 10.1. The zero-order chi connectivity index (χ0) is 18.4. The third-order valence-corrected chi connectivity index (χ3v) is 3.68. The van der Waals surface area contributed by atoms with Gasteiger partial charge < -0.3 is 10.2 Å². The van der Waals surface area contributed by atoms with Crippen LogP contribution in [0, 0.1) is 10.1 Å². The lowest BCUT2D eigenvalue weighted by molar-refractivity contribution is -0.385. The number of nitro benzene ring substituents is 1. The Kier molecular flexibility index (Phi) is 5.84. The van der Waals surface area contributed by atoms with Crippen LogP contribution in [0.5, 0.6) is 0 Å². The number of rotatable bonds is 6. The molecule has 0 aliphatic rings. The van der Waals surface area contributed by atoms with Crippen LogP contribution in [0.4, 0.5) is 11.4 Å². The number of hydrogen-bond donors (Lipinski definition) is 1. The first-order chi connectivity index (χ1) is 11.9. The van der Waals surface area contributed by atoms with Crippen LogP contribution in [0.15, 0.2) is 48.5 Å². The fourth-order valence-electron chi connectivity index (χ4n) is 2.25. The number of carbonyl (C=O) groups is 2. The number of amides is 2. The van der Waals surface area contributed by atoms with E-state index in [2.05, 4.69) is 5.32 Å². The van der Waals surface area contributed by atoms with Crippen LogP contribution in [0.3, 0.4) is 0 Å². The van der Waals surface area contributed by atoms with E-state index >= 15 is 0 Å². The molecule has 0 heterocycles. The summed E-state index contributed by atoms with van der Waals surface area (Å²) in [6.45, 7) is 0. The predicted octanol–water partition coefficient (Wildman–Crippen LogP) is 2.87. The number of para-hydroxylation sites is 1. The van der Waals surface area contributed by atoms with Crippen molar-refractivity contribution in [1.82, 2.24) is 4.90 Å². The summed E-state index contributed by atoms with van der Waals surface area (Å²) < 4.78 is 0. The maximum absolute atomic E-state index is 12.2. The van der Waals surface area contributed by atoms with Crippen molar-refractivity contribution in [1.29, 1.82) is 0 Å². The van der Waals surface area contributed by atoms with Crippen molar-refractivity contribution in [2.75, 3.05) is 19.4 Å². The highest BCUT2D eigenvalue weighted by molar-refractivity contribution is 6.07. The van der Waals surface area contributed by atoms with Crippen molar-refractivity contribution in [3.05, 3.63) is 69.8 Å². The van der Waals surface area contributed by atoms with E-state index in [0.29, 0.717) is 18.5 Å². The van der Waals surface area contributed by atoms with Gasteiger partial charge in [-0.15, -0.1) is 0 Å². The van der Waals surface area contributed by atoms with E-state index < -0.39 is 10.8 Å². The summed E-state index contributed by atoms with van der Waals surface area (Å²) in [4.78, 5) is 35.8. The van der Waals surface area contributed by atoms with Crippen LogP contribution in [-0.2, 0) is 11.2 Å². The molecule has 0 atom stereocenters. The number of anilines is 1. The maximum Gasteiger partial charge on any atom is 0.282 e. The summed E-state index contributed by atoms with van der Waals surface area (Å²) in [5.74, 6) is -0.489. The van der Waals surface area contributed by atoms with E-state index in [1.54, 1.807) is 37.2 Å². The first-order valence-electron chi connectivity index (χ1n) is 7.72.